The number of aliphatic hydroxyl groups is 2. The topological polar surface area (TPSA) is 95.6 Å². The van der Waals surface area contributed by atoms with Crippen molar-refractivity contribution in [3.05, 3.63) is 0 Å². The maximum absolute atomic E-state index is 11.8. The number of carbonyl (C=O) groups excluding carboxylic acids is 1. The van der Waals surface area contributed by atoms with Gasteiger partial charge in [0.2, 0.25) is 5.91 Å². The number of hydrogen-bond acceptors (Lipinski definition) is 4. The highest BCUT2D eigenvalue weighted by Crippen LogP contribution is 2.24. The Labute approximate surface area is 103 Å². The van der Waals surface area contributed by atoms with Gasteiger partial charge in [-0.05, 0) is 18.8 Å². The lowest BCUT2D eigenvalue weighted by Gasteiger charge is -2.26. The Kier molecular flexibility index (Phi) is 6.09. The number of amides is 1. The van der Waals surface area contributed by atoms with Gasteiger partial charge in [0, 0.05) is 13.1 Å². The molecule has 0 saturated heterocycles. The summed E-state index contributed by atoms with van der Waals surface area (Å²) < 4.78 is 0. The summed E-state index contributed by atoms with van der Waals surface area (Å²) in [7, 11) is 0. The van der Waals surface area contributed by atoms with Gasteiger partial charge >= 0.3 is 0 Å². The molecule has 0 aliphatic heterocycles. The number of aliphatic hydroxyl groups excluding tert-OH is 1. The van der Waals surface area contributed by atoms with Gasteiger partial charge in [0.25, 0.3) is 0 Å². The Morgan fingerprint density at radius 3 is 2.24 bits per heavy atom. The van der Waals surface area contributed by atoms with E-state index in [0.29, 0.717) is 6.42 Å². The van der Waals surface area contributed by atoms with Gasteiger partial charge < -0.3 is 21.3 Å². The third-order valence-electron chi connectivity index (χ3n) is 2.50. The monoisotopic (exact) mass is 246 g/mol. The SMILES string of the molecule is CC(C)(C)CC(CN)C(=O)NCC(C)(O)CO. The molecule has 0 aromatic heterocycles. The molecule has 5 N–H and O–H groups in total. The molecule has 17 heavy (non-hydrogen) atoms. The molecule has 0 aliphatic carbocycles. The maximum Gasteiger partial charge on any atom is 0.224 e. The Balaban J connectivity index is 4.28. The first-order valence-electron chi connectivity index (χ1n) is 5.92. The molecular weight excluding hydrogens is 220 g/mol. The van der Waals surface area contributed by atoms with E-state index >= 15 is 0 Å². The van der Waals surface area contributed by atoms with E-state index in [1.807, 2.05) is 20.8 Å². The van der Waals surface area contributed by atoms with Crippen molar-refractivity contribution in [2.75, 3.05) is 19.7 Å². The van der Waals surface area contributed by atoms with E-state index in [1.165, 1.54) is 6.92 Å². The summed E-state index contributed by atoms with van der Waals surface area (Å²) in [6.45, 7) is 7.54. The highest BCUT2D eigenvalue weighted by molar-refractivity contribution is 5.79. The van der Waals surface area contributed by atoms with E-state index < -0.39 is 5.60 Å². The predicted molar refractivity (Wildman–Crippen MR) is 67.3 cm³/mol. The first-order chi connectivity index (χ1) is 7.61. The highest BCUT2D eigenvalue weighted by Gasteiger charge is 2.26. The summed E-state index contributed by atoms with van der Waals surface area (Å²) in [5, 5.41) is 21.0. The van der Waals surface area contributed by atoms with Gasteiger partial charge in [-0.1, -0.05) is 20.8 Å². The highest BCUT2D eigenvalue weighted by atomic mass is 16.3. The standard InChI is InChI=1S/C12H26N2O3/c1-11(2,3)5-9(6-13)10(16)14-7-12(4,17)8-15/h9,15,17H,5-8,13H2,1-4H3,(H,14,16). The molecule has 0 aromatic rings. The molecule has 0 radical (unpaired) electrons. The van der Waals surface area contributed by atoms with E-state index in [9.17, 15) is 9.90 Å². The van der Waals surface area contributed by atoms with E-state index in [4.69, 9.17) is 10.8 Å². The Bertz CT molecular complexity index is 247. The van der Waals surface area contributed by atoms with Crippen LogP contribution in [0.5, 0.6) is 0 Å². The molecule has 0 bridgehead atoms. The normalized spacial score (nSPS) is 17.4. The zero-order chi connectivity index (χ0) is 13.7. The van der Waals surface area contributed by atoms with E-state index in [-0.39, 0.29) is 36.9 Å². The van der Waals surface area contributed by atoms with Crippen LogP contribution in [0.4, 0.5) is 0 Å². The minimum absolute atomic E-state index is 0.0286. The first-order valence-corrected chi connectivity index (χ1v) is 5.92. The largest absolute Gasteiger partial charge is 0.393 e. The summed E-state index contributed by atoms with van der Waals surface area (Å²) in [6, 6.07) is 0. The van der Waals surface area contributed by atoms with Gasteiger partial charge in [0.05, 0.1) is 12.5 Å². The van der Waals surface area contributed by atoms with Crippen LogP contribution >= 0.6 is 0 Å². The average molecular weight is 246 g/mol. The molecule has 0 saturated carbocycles. The summed E-state index contributed by atoms with van der Waals surface area (Å²) in [6.07, 6.45) is 0.691. The molecule has 0 rings (SSSR count). The fourth-order valence-electron chi connectivity index (χ4n) is 1.50. The smallest absolute Gasteiger partial charge is 0.224 e. The lowest BCUT2D eigenvalue weighted by atomic mass is 9.84. The van der Waals surface area contributed by atoms with Crippen molar-refractivity contribution in [3.8, 4) is 0 Å². The minimum atomic E-state index is -1.28. The van der Waals surface area contributed by atoms with Crippen LogP contribution in [0.1, 0.15) is 34.1 Å². The Hall–Kier alpha value is -0.650. The third kappa shape index (κ3) is 7.31. The summed E-state index contributed by atoms with van der Waals surface area (Å²) in [5.74, 6) is -0.430. The van der Waals surface area contributed by atoms with Gasteiger partial charge in [0.1, 0.15) is 5.60 Å². The van der Waals surface area contributed by atoms with Gasteiger partial charge in [-0.2, -0.15) is 0 Å². The number of rotatable bonds is 6. The number of nitrogens with two attached hydrogens (primary N) is 1. The molecule has 2 unspecified atom stereocenters. The van der Waals surface area contributed by atoms with Crippen LogP contribution in [0.3, 0.4) is 0 Å². The molecule has 102 valence electrons. The molecule has 1 amide bonds. The van der Waals surface area contributed by atoms with E-state index in [2.05, 4.69) is 5.32 Å². The van der Waals surface area contributed by atoms with E-state index in [0.717, 1.165) is 0 Å². The second-order valence-electron chi connectivity index (χ2n) is 6.07. The van der Waals surface area contributed by atoms with Crippen LogP contribution < -0.4 is 11.1 Å². The van der Waals surface area contributed by atoms with Crippen LogP contribution in [0.25, 0.3) is 0 Å². The van der Waals surface area contributed by atoms with Crippen molar-refractivity contribution in [2.24, 2.45) is 17.1 Å². The second kappa shape index (κ2) is 6.33. The van der Waals surface area contributed by atoms with Crippen molar-refractivity contribution in [1.29, 1.82) is 0 Å². The predicted octanol–water partition coefficient (Wildman–Crippen LogP) is -0.143. The molecule has 0 aliphatic rings. The van der Waals surface area contributed by atoms with Crippen LogP contribution in [-0.4, -0.2) is 41.4 Å². The first kappa shape index (κ1) is 16.4. The molecule has 0 aromatic carbocycles. The fraction of sp³-hybridized carbons (Fsp3) is 0.917. The maximum atomic E-state index is 11.8. The van der Waals surface area contributed by atoms with Crippen LogP contribution in [0.15, 0.2) is 0 Å². The second-order valence-corrected chi connectivity index (χ2v) is 6.07. The van der Waals surface area contributed by atoms with Gasteiger partial charge in [0.15, 0.2) is 0 Å². The van der Waals surface area contributed by atoms with Gasteiger partial charge in [-0.15, -0.1) is 0 Å². The fourth-order valence-corrected chi connectivity index (χ4v) is 1.50. The molecule has 0 heterocycles. The van der Waals surface area contributed by atoms with Crippen molar-refractivity contribution in [1.82, 2.24) is 5.32 Å². The lowest BCUT2D eigenvalue weighted by molar-refractivity contribution is -0.127. The average Bonchev–Trinajstić information content (AvgIpc) is 2.21. The molecule has 0 spiro atoms. The minimum Gasteiger partial charge on any atom is -0.393 e. The van der Waals surface area contributed by atoms with Crippen molar-refractivity contribution < 1.29 is 15.0 Å². The van der Waals surface area contributed by atoms with Crippen molar-refractivity contribution >= 4 is 5.91 Å². The number of nitrogens with one attached hydrogen (secondary N) is 1. The molecule has 5 heteroatoms. The molecule has 0 fully saturated rings. The quantitative estimate of drug-likeness (QED) is 0.524. The zero-order valence-corrected chi connectivity index (χ0v) is 11.3. The number of hydrogen-bond donors (Lipinski definition) is 4. The molecule has 5 nitrogen and oxygen atoms in total. The summed E-state index contributed by atoms with van der Waals surface area (Å²) >= 11 is 0. The van der Waals surface area contributed by atoms with Crippen LogP contribution in [0.2, 0.25) is 0 Å². The van der Waals surface area contributed by atoms with Crippen LogP contribution in [-0.2, 0) is 4.79 Å². The third-order valence-corrected chi connectivity index (χ3v) is 2.50. The van der Waals surface area contributed by atoms with Gasteiger partial charge in [-0.3, -0.25) is 4.79 Å². The molecule has 2 atom stereocenters. The van der Waals surface area contributed by atoms with Crippen molar-refractivity contribution in [3.63, 3.8) is 0 Å². The molecular formula is C12H26N2O3. The summed E-state index contributed by atoms with van der Waals surface area (Å²) in [4.78, 5) is 11.8. The Morgan fingerprint density at radius 1 is 1.35 bits per heavy atom. The van der Waals surface area contributed by atoms with Crippen molar-refractivity contribution in [2.45, 2.75) is 39.7 Å². The Morgan fingerprint density at radius 2 is 1.88 bits per heavy atom. The van der Waals surface area contributed by atoms with Gasteiger partial charge in [-0.25, -0.2) is 0 Å². The lowest BCUT2D eigenvalue weighted by Crippen LogP contribution is -2.46. The number of carbonyl (C=O) groups is 1. The zero-order valence-electron chi connectivity index (χ0n) is 11.3. The summed E-state index contributed by atoms with van der Waals surface area (Å²) in [5.41, 5.74) is 4.33. The van der Waals surface area contributed by atoms with E-state index in [1.54, 1.807) is 0 Å². The van der Waals surface area contributed by atoms with Crippen LogP contribution in [0, 0.1) is 11.3 Å².